The maximum Gasteiger partial charge on any atom is 0.321 e. The van der Waals surface area contributed by atoms with E-state index in [1.54, 1.807) is 6.92 Å². The van der Waals surface area contributed by atoms with Crippen LogP contribution in [0.1, 0.15) is 25.8 Å². The lowest BCUT2D eigenvalue weighted by Gasteiger charge is -2.14. The number of methoxy groups -OCH3 is 1. The first-order valence-electron chi connectivity index (χ1n) is 6.90. The van der Waals surface area contributed by atoms with E-state index in [0.29, 0.717) is 17.7 Å². The van der Waals surface area contributed by atoms with E-state index in [4.69, 9.17) is 9.84 Å². The standard InChI is InChI=1S/C14H20N2O6S/c1-4-13(17)15-8-10-7-11(5-6-12(10)22-3)23(20,21)16-9(2)14(18)19/h5-7,9,16H,4,8H2,1-3H3,(H,15,17)(H,18,19)/t9-/m0/s1. The Bertz CT molecular complexity index is 687. The number of carbonyl (C=O) groups is 2. The van der Waals surface area contributed by atoms with Crippen molar-refractivity contribution in [2.45, 2.75) is 37.8 Å². The largest absolute Gasteiger partial charge is 0.496 e. The van der Waals surface area contributed by atoms with Gasteiger partial charge >= 0.3 is 5.97 Å². The molecule has 9 heteroatoms. The third-order valence-corrected chi connectivity index (χ3v) is 4.60. The maximum atomic E-state index is 12.2. The van der Waals surface area contributed by atoms with Crippen LogP contribution in [0.3, 0.4) is 0 Å². The van der Waals surface area contributed by atoms with Gasteiger partial charge in [0.15, 0.2) is 0 Å². The monoisotopic (exact) mass is 344 g/mol. The van der Waals surface area contributed by atoms with E-state index in [-0.39, 0.29) is 17.3 Å². The molecule has 1 amide bonds. The summed E-state index contributed by atoms with van der Waals surface area (Å²) in [4.78, 5) is 22.0. The Kier molecular flexibility index (Phi) is 6.52. The highest BCUT2D eigenvalue weighted by Gasteiger charge is 2.22. The van der Waals surface area contributed by atoms with E-state index < -0.39 is 22.0 Å². The van der Waals surface area contributed by atoms with Crippen molar-refractivity contribution < 1.29 is 27.9 Å². The van der Waals surface area contributed by atoms with Gasteiger partial charge in [-0.1, -0.05) is 6.92 Å². The fourth-order valence-corrected chi connectivity index (χ4v) is 2.98. The van der Waals surface area contributed by atoms with Crippen molar-refractivity contribution in [1.29, 1.82) is 0 Å². The first-order chi connectivity index (χ1) is 10.7. The molecular weight excluding hydrogens is 324 g/mol. The highest BCUT2D eigenvalue weighted by atomic mass is 32.2. The predicted molar refractivity (Wildman–Crippen MR) is 82.6 cm³/mol. The Morgan fingerprint density at radius 2 is 2.00 bits per heavy atom. The van der Waals surface area contributed by atoms with Crippen LogP contribution in [0.4, 0.5) is 0 Å². The third kappa shape index (κ3) is 5.22. The van der Waals surface area contributed by atoms with Crippen LogP contribution in [0.5, 0.6) is 5.75 Å². The Morgan fingerprint density at radius 1 is 1.35 bits per heavy atom. The zero-order valence-corrected chi connectivity index (χ0v) is 13.9. The molecule has 0 fully saturated rings. The highest BCUT2D eigenvalue weighted by molar-refractivity contribution is 7.89. The highest BCUT2D eigenvalue weighted by Crippen LogP contribution is 2.22. The third-order valence-electron chi connectivity index (χ3n) is 3.06. The van der Waals surface area contributed by atoms with Crippen LogP contribution in [-0.2, 0) is 26.2 Å². The molecule has 0 radical (unpaired) electrons. The van der Waals surface area contributed by atoms with E-state index in [1.807, 2.05) is 0 Å². The van der Waals surface area contributed by atoms with E-state index >= 15 is 0 Å². The molecule has 1 atom stereocenters. The molecule has 0 aromatic heterocycles. The Labute approximate surface area is 134 Å². The van der Waals surface area contributed by atoms with Crippen LogP contribution >= 0.6 is 0 Å². The number of nitrogens with one attached hydrogen (secondary N) is 2. The van der Waals surface area contributed by atoms with Crippen molar-refractivity contribution in [3.8, 4) is 5.75 Å². The molecular formula is C14H20N2O6S. The van der Waals surface area contributed by atoms with Crippen LogP contribution in [0.25, 0.3) is 0 Å². The number of carboxylic acids is 1. The molecule has 0 heterocycles. The van der Waals surface area contributed by atoms with Crippen LogP contribution < -0.4 is 14.8 Å². The maximum absolute atomic E-state index is 12.2. The fraction of sp³-hybridized carbons (Fsp3) is 0.429. The first-order valence-corrected chi connectivity index (χ1v) is 8.38. The lowest BCUT2D eigenvalue weighted by molar-refractivity contribution is -0.138. The van der Waals surface area contributed by atoms with Gasteiger partial charge in [0.25, 0.3) is 0 Å². The zero-order chi connectivity index (χ0) is 17.6. The van der Waals surface area contributed by atoms with Crippen LogP contribution in [0.15, 0.2) is 23.1 Å². The summed E-state index contributed by atoms with van der Waals surface area (Å²) in [6, 6.07) is 2.84. The second-order valence-electron chi connectivity index (χ2n) is 4.79. The van der Waals surface area contributed by atoms with Gasteiger partial charge in [-0.3, -0.25) is 9.59 Å². The van der Waals surface area contributed by atoms with Gasteiger partial charge in [0.05, 0.1) is 12.0 Å². The lowest BCUT2D eigenvalue weighted by atomic mass is 10.2. The van der Waals surface area contributed by atoms with E-state index in [1.165, 1.54) is 32.2 Å². The van der Waals surface area contributed by atoms with Gasteiger partial charge in [-0.25, -0.2) is 8.42 Å². The molecule has 1 rings (SSSR count). The van der Waals surface area contributed by atoms with E-state index in [9.17, 15) is 18.0 Å². The molecule has 1 aromatic rings. The number of rotatable bonds is 8. The van der Waals surface area contributed by atoms with E-state index in [0.717, 1.165) is 0 Å². The average molecular weight is 344 g/mol. The summed E-state index contributed by atoms with van der Waals surface area (Å²) >= 11 is 0. The van der Waals surface area contributed by atoms with Gasteiger partial charge in [-0.05, 0) is 25.1 Å². The summed E-state index contributed by atoms with van der Waals surface area (Å²) in [5.41, 5.74) is 0.472. The topological polar surface area (TPSA) is 122 Å². The molecule has 0 aliphatic heterocycles. The van der Waals surface area contributed by atoms with Crippen molar-refractivity contribution in [3.05, 3.63) is 23.8 Å². The summed E-state index contributed by atoms with van der Waals surface area (Å²) in [5.74, 6) is -1.04. The smallest absolute Gasteiger partial charge is 0.321 e. The minimum Gasteiger partial charge on any atom is -0.496 e. The number of sulfonamides is 1. The van der Waals surface area contributed by atoms with Gasteiger partial charge in [0.1, 0.15) is 11.8 Å². The number of hydrogen-bond acceptors (Lipinski definition) is 5. The number of carbonyl (C=O) groups excluding carboxylic acids is 1. The fourth-order valence-electron chi connectivity index (χ4n) is 1.73. The summed E-state index contributed by atoms with van der Waals surface area (Å²) in [7, 11) is -2.57. The predicted octanol–water partition coefficient (Wildman–Crippen LogP) is 0.473. The van der Waals surface area contributed by atoms with Crippen LogP contribution in [0, 0.1) is 0 Å². The summed E-state index contributed by atoms with van der Waals surface area (Å²) in [6.07, 6.45) is 0.304. The molecule has 0 bridgehead atoms. The molecule has 0 spiro atoms. The molecule has 3 N–H and O–H groups in total. The van der Waals surface area contributed by atoms with Crippen molar-refractivity contribution in [2.24, 2.45) is 0 Å². The normalized spacial score (nSPS) is 12.5. The lowest BCUT2D eigenvalue weighted by Crippen LogP contribution is -2.38. The molecule has 23 heavy (non-hydrogen) atoms. The average Bonchev–Trinajstić information content (AvgIpc) is 2.51. The number of hydrogen-bond donors (Lipinski definition) is 3. The van der Waals surface area contributed by atoms with Gasteiger partial charge in [-0.2, -0.15) is 4.72 Å². The number of benzene rings is 1. The van der Waals surface area contributed by atoms with Crippen LogP contribution in [0.2, 0.25) is 0 Å². The minimum absolute atomic E-state index is 0.104. The molecule has 0 saturated heterocycles. The summed E-state index contributed by atoms with van der Waals surface area (Å²) < 4.78 is 31.6. The molecule has 0 aliphatic rings. The molecule has 0 aliphatic carbocycles. The van der Waals surface area contributed by atoms with Crippen LogP contribution in [-0.4, -0.2) is 38.6 Å². The van der Waals surface area contributed by atoms with Crippen molar-refractivity contribution in [1.82, 2.24) is 10.0 Å². The number of aliphatic carboxylic acids is 1. The molecule has 0 unspecified atom stereocenters. The van der Waals surface area contributed by atoms with Gasteiger partial charge in [0.2, 0.25) is 15.9 Å². The second kappa shape index (κ2) is 7.93. The van der Waals surface area contributed by atoms with Gasteiger partial charge < -0.3 is 15.2 Å². The van der Waals surface area contributed by atoms with Crippen molar-refractivity contribution in [2.75, 3.05) is 7.11 Å². The summed E-state index contributed by atoms with van der Waals surface area (Å²) in [6.45, 7) is 3.03. The number of carboxylic acid groups (broad SMARTS) is 1. The number of amides is 1. The second-order valence-corrected chi connectivity index (χ2v) is 6.50. The minimum atomic E-state index is -4.00. The Balaban J connectivity index is 3.08. The quantitative estimate of drug-likeness (QED) is 0.630. The Hall–Kier alpha value is -2.13. The van der Waals surface area contributed by atoms with E-state index in [2.05, 4.69) is 10.0 Å². The van der Waals surface area contributed by atoms with Crippen molar-refractivity contribution in [3.63, 3.8) is 0 Å². The first kappa shape index (κ1) is 18.9. The Morgan fingerprint density at radius 3 is 2.52 bits per heavy atom. The zero-order valence-electron chi connectivity index (χ0n) is 13.1. The summed E-state index contributed by atoms with van der Waals surface area (Å²) in [5, 5.41) is 11.4. The molecule has 0 saturated carbocycles. The SMILES string of the molecule is CCC(=O)NCc1cc(S(=O)(=O)N[C@@H](C)C(=O)O)ccc1OC. The van der Waals surface area contributed by atoms with Gasteiger partial charge in [0, 0.05) is 18.5 Å². The number of ether oxygens (including phenoxy) is 1. The van der Waals surface area contributed by atoms with Gasteiger partial charge in [-0.15, -0.1) is 0 Å². The van der Waals surface area contributed by atoms with Crippen molar-refractivity contribution >= 4 is 21.9 Å². The molecule has 128 valence electrons. The molecule has 8 nitrogen and oxygen atoms in total. The molecule has 1 aromatic carbocycles.